The van der Waals surface area contributed by atoms with Crippen LogP contribution in [0.1, 0.15) is 5.01 Å². The Morgan fingerprint density at radius 3 is 3.00 bits per heavy atom. The molecule has 1 aromatic carbocycles. The van der Waals surface area contributed by atoms with Crippen LogP contribution in [0.4, 0.5) is 11.5 Å². The second-order valence-electron chi connectivity index (χ2n) is 3.78. The molecule has 90 valence electrons. The third-order valence-corrected chi connectivity index (χ3v) is 3.33. The topological polar surface area (TPSA) is 76.7 Å². The Balaban J connectivity index is 1.92. The zero-order valence-corrected chi connectivity index (χ0v) is 10.3. The van der Waals surface area contributed by atoms with Gasteiger partial charge in [0.05, 0.1) is 12.1 Å². The number of hydrogen-bond donors (Lipinski definition) is 2. The van der Waals surface area contributed by atoms with Crippen molar-refractivity contribution in [2.75, 3.05) is 11.1 Å². The average Bonchev–Trinajstić information content (AvgIpc) is 2.89. The molecule has 0 saturated carbocycles. The first kappa shape index (κ1) is 10.9. The molecule has 0 aliphatic heterocycles. The van der Waals surface area contributed by atoms with Crippen molar-refractivity contribution in [3.63, 3.8) is 0 Å². The molecule has 3 N–H and O–H groups in total. The van der Waals surface area contributed by atoms with E-state index in [9.17, 15) is 0 Å². The highest BCUT2D eigenvalue weighted by Gasteiger charge is 2.04. The third-order valence-electron chi connectivity index (χ3n) is 2.55. The molecular weight excluding hydrogens is 246 g/mol. The van der Waals surface area contributed by atoms with Crippen LogP contribution >= 0.6 is 11.3 Å². The molecule has 3 aromatic rings. The average molecular weight is 257 g/mol. The van der Waals surface area contributed by atoms with Gasteiger partial charge in [0.25, 0.3) is 0 Å². The van der Waals surface area contributed by atoms with E-state index in [1.807, 2.05) is 23.6 Å². The summed E-state index contributed by atoms with van der Waals surface area (Å²) in [6.07, 6.45) is 3.33. The Morgan fingerprint density at radius 2 is 2.17 bits per heavy atom. The Hall–Kier alpha value is -2.21. The SMILES string of the molecule is Nc1ccc2c(NCc3nccs3)ncnc2c1. The Morgan fingerprint density at radius 1 is 1.22 bits per heavy atom. The number of hydrogen-bond acceptors (Lipinski definition) is 6. The maximum Gasteiger partial charge on any atom is 0.137 e. The summed E-state index contributed by atoms with van der Waals surface area (Å²) >= 11 is 1.61. The van der Waals surface area contributed by atoms with Crippen LogP contribution in [0.2, 0.25) is 0 Å². The number of anilines is 2. The number of nitrogens with one attached hydrogen (secondary N) is 1. The minimum absolute atomic E-state index is 0.661. The number of nitrogens with zero attached hydrogens (tertiary/aromatic N) is 3. The molecule has 0 atom stereocenters. The number of aromatic nitrogens is 3. The molecule has 5 nitrogen and oxygen atoms in total. The van der Waals surface area contributed by atoms with E-state index < -0.39 is 0 Å². The van der Waals surface area contributed by atoms with Gasteiger partial charge in [-0.05, 0) is 18.2 Å². The van der Waals surface area contributed by atoms with Crippen LogP contribution < -0.4 is 11.1 Å². The van der Waals surface area contributed by atoms with Crippen molar-refractivity contribution in [3.8, 4) is 0 Å². The first-order chi connectivity index (χ1) is 8.83. The number of rotatable bonds is 3. The lowest BCUT2D eigenvalue weighted by molar-refractivity contribution is 1.07. The lowest BCUT2D eigenvalue weighted by Gasteiger charge is -2.07. The van der Waals surface area contributed by atoms with E-state index in [1.54, 1.807) is 17.5 Å². The highest BCUT2D eigenvalue weighted by atomic mass is 32.1. The first-order valence-corrected chi connectivity index (χ1v) is 6.33. The summed E-state index contributed by atoms with van der Waals surface area (Å²) in [5.41, 5.74) is 7.28. The zero-order chi connectivity index (χ0) is 12.4. The second kappa shape index (κ2) is 4.58. The standard InChI is InChI=1S/C12H11N5S/c13-8-1-2-9-10(5-8)16-7-17-12(9)15-6-11-14-3-4-18-11/h1-5,7H,6,13H2,(H,15,16,17). The van der Waals surface area contributed by atoms with Gasteiger partial charge in [-0.15, -0.1) is 11.3 Å². The molecule has 18 heavy (non-hydrogen) atoms. The first-order valence-electron chi connectivity index (χ1n) is 5.45. The fourth-order valence-electron chi connectivity index (χ4n) is 1.71. The van der Waals surface area contributed by atoms with Crippen molar-refractivity contribution in [1.29, 1.82) is 0 Å². The van der Waals surface area contributed by atoms with E-state index in [2.05, 4.69) is 20.3 Å². The number of benzene rings is 1. The summed E-state index contributed by atoms with van der Waals surface area (Å²) in [6.45, 7) is 0.661. The van der Waals surface area contributed by atoms with Crippen molar-refractivity contribution in [3.05, 3.63) is 41.1 Å². The van der Waals surface area contributed by atoms with Crippen molar-refractivity contribution < 1.29 is 0 Å². The van der Waals surface area contributed by atoms with E-state index in [4.69, 9.17) is 5.73 Å². The molecule has 3 rings (SSSR count). The molecule has 0 saturated heterocycles. The highest BCUT2D eigenvalue weighted by Crippen LogP contribution is 2.21. The molecule has 0 spiro atoms. The molecule has 2 heterocycles. The molecular formula is C12H11N5S. The van der Waals surface area contributed by atoms with E-state index in [0.717, 1.165) is 21.7 Å². The maximum absolute atomic E-state index is 5.74. The maximum atomic E-state index is 5.74. The van der Waals surface area contributed by atoms with Crippen LogP contribution in [0.15, 0.2) is 36.1 Å². The van der Waals surface area contributed by atoms with Crippen molar-refractivity contribution in [2.24, 2.45) is 0 Å². The third kappa shape index (κ3) is 2.10. The van der Waals surface area contributed by atoms with E-state index >= 15 is 0 Å². The number of nitrogen functional groups attached to an aromatic ring is 1. The van der Waals surface area contributed by atoms with E-state index in [1.165, 1.54) is 6.33 Å². The quantitative estimate of drug-likeness (QED) is 0.704. The Bertz CT molecular complexity index is 665. The van der Waals surface area contributed by atoms with Gasteiger partial charge < -0.3 is 11.1 Å². The summed E-state index contributed by atoms with van der Waals surface area (Å²) in [5, 5.41) is 7.21. The van der Waals surface area contributed by atoms with Crippen LogP contribution in [0.3, 0.4) is 0 Å². The predicted molar refractivity (Wildman–Crippen MR) is 73.4 cm³/mol. The minimum Gasteiger partial charge on any atom is -0.399 e. The summed E-state index contributed by atoms with van der Waals surface area (Å²) in [5.74, 6) is 0.801. The van der Waals surface area contributed by atoms with Gasteiger partial charge in [0.15, 0.2) is 0 Å². The van der Waals surface area contributed by atoms with Crippen molar-refractivity contribution >= 4 is 33.7 Å². The summed E-state index contributed by atoms with van der Waals surface area (Å²) in [4.78, 5) is 12.7. The Labute approximate surface area is 108 Å². The zero-order valence-electron chi connectivity index (χ0n) is 9.50. The van der Waals surface area contributed by atoms with Crippen LogP contribution in [0.5, 0.6) is 0 Å². The summed E-state index contributed by atoms with van der Waals surface area (Å²) in [6, 6.07) is 5.61. The van der Waals surface area contributed by atoms with Gasteiger partial charge in [-0.25, -0.2) is 15.0 Å². The Kier molecular flexibility index (Phi) is 2.77. The lowest BCUT2D eigenvalue weighted by atomic mass is 10.2. The largest absolute Gasteiger partial charge is 0.399 e. The predicted octanol–water partition coefficient (Wildman–Crippen LogP) is 2.28. The fraction of sp³-hybridized carbons (Fsp3) is 0.0833. The molecule has 6 heteroatoms. The summed E-state index contributed by atoms with van der Waals surface area (Å²) in [7, 11) is 0. The van der Waals surface area contributed by atoms with Crippen LogP contribution in [0.25, 0.3) is 10.9 Å². The molecule has 0 aliphatic rings. The molecule has 0 bridgehead atoms. The van der Waals surface area contributed by atoms with Crippen LogP contribution in [-0.4, -0.2) is 15.0 Å². The minimum atomic E-state index is 0.661. The lowest BCUT2D eigenvalue weighted by Crippen LogP contribution is -2.02. The fourth-order valence-corrected chi connectivity index (χ4v) is 2.27. The smallest absolute Gasteiger partial charge is 0.137 e. The molecule has 0 radical (unpaired) electrons. The highest BCUT2D eigenvalue weighted by molar-refractivity contribution is 7.09. The van der Waals surface area contributed by atoms with Gasteiger partial charge in [0.2, 0.25) is 0 Å². The molecule has 0 aliphatic carbocycles. The van der Waals surface area contributed by atoms with Gasteiger partial charge in [-0.2, -0.15) is 0 Å². The molecule has 0 amide bonds. The summed E-state index contributed by atoms with van der Waals surface area (Å²) < 4.78 is 0. The van der Waals surface area contributed by atoms with Crippen LogP contribution in [-0.2, 0) is 6.54 Å². The van der Waals surface area contributed by atoms with Gasteiger partial charge in [0, 0.05) is 22.7 Å². The van der Waals surface area contributed by atoms with Gasteiger partial charge in [0.1, 0.15) is 17.2 Å². The van der Waals surface area contributed by atoms with Crippen LogP contribution in [0, 0.1) is 0 Å². The number of nitrogens with two attached hydrogens (primary N) is 1. The van der Waals surface area contributed by atoms with Gasteiger partial charge >= 0.3 is 0 Å². The van der Waals surface area contributed by atoms with Gasteiger partial charge in [-0.3, -0.25) is 0 Å². The van der Waals surface area contributed by atoms with Crippen molar-refractivity contribution in [1.82, 2.24) is 15.0 Å². The second-order valence-corrected chi connectivity index (χ2v) is 4.76. The number of fused-ring (bicyclic) bond motifs is 1. The molecule has 0 unspecified atom stereocenters. The molecule has 0 fully saturated rings. The van der Waals surface area contributed by atoms with E-state index in [-0.39, 0.29) is 0 Å². The van der Waals surface area contributed by atoms with Gasteiger partial charge in [-0.1, -0.05) is 0 Å². The monoisotopic (exact) mass is 257 g/mol. The van der Waals surface area contributed by atoms with E-state index in [0.29, 0.717) is 12.2 Å². The van der Waals surface area contributed by atoms with Crippen molar-refractivity contribution in [2.45, 2.75) is 6.54 Å². The molecule has 2 aromatic heterocycles. The normalized spacial score (nSPS) is 10.7. The number of thiazole rings is 1.